The quantitative estimate of drug-likeness (QED) is 0.804. The molecular formula is C14H26N2O3. The second kappa shape index (κ2) is 6.78. The average molecular weight is 270 g/mol. The molecule has 1 heterocycles. The third-order valence-electron chi connectivity index (χ3n) is 4.32. The Balaban J connectivity index is 2.53. The standard InChI is InChI=1S/C14H26N2O3/c1-5-11(6-2)10(4)15-14(19)16-7-9(3)12(8-16)13(17)18/h9-12H,5-8H2,1-4H3,(H,15,19)(H,17,18). The molecule has 1 aliphatic heterocycles. The number of nitrogens with one attached hydrogen (secondary N) is 1. The zero-order valence-corrected chi connectivity index (χ0v) is 12.3. The van der Waals surface area contributed by atoms with Crippen molar-refractivity contribution in [1.29, 1.82) is 0 Å². The van der Waals surface area contributed by atoms with E-state index >= 15 is 0 Å². The number of carbonyl (C=O) groups excluding carboxylic acids is 1. The van der Waals surface area contributed by atoms with E-state index in [2.05, 4.69) is 19.2 Å². The highest BCUT2D eigenvalue weighted by Gasteiger charge is 2.37. The topological polar surface area (TPSA) is 69.6 Å². The van der Waals surface area contributed by atoms with E-state index in [0.717, 1.165) is 12.8 Å². The van der Waals surface area contributed by atoms with Crippen LogP contribution in [0.3, 0.4) is 0 Å². The van der Waals surface area contributed by atoms with Crippen molar-refractivity contribution in [3.63, 3.8) is 0 Å². The Labute approximate surface area is 115 Å². The molecule has 0 spiro atoms. The van der Waals surface area contributed by atoms with Crippen molar-refractivity contribution in [1.82, 2.24) is 10.2 Å². The molecule has 0 aromatic rings. The van der Waals surface area contributed by atoms with E-state index in [1.165, 1.54) is 0 Å². The lowest BCUT2D eigenvalue weighted by Crippen LogP contribution is -2.45. The van der Waals surface area contributed by atoms with Gasteiger partial charge in [0.25, 0.3) is 0 Å². The van der Waals surface area contributed by atoms with Gasteiger partial charge in [0.2, 0.25) is 0 Å². The average Bonchev–Trinajstić information content (AvgIpc) is 2.73. The number of carbonyl (C=O) groups is 2. The third-order valence-corrected chi connectivity index (χ3v) is 4.32. The fourth-order valence-corrected chi connectivity index (χ4v) is 2.85. The molecule has 1 fully saturated rings. The van der Waals surface area contributed by atoms with Crippen LogP contribution in [0.4, 0.5) is 4.79 Å². The lowest BCUT2D eigenvalue weighted by atomic mass is 9.96. The molecule has 1 aliphatic rings. The Bertz CT molecular complexity index is 329. The second-order valence-corrected chi connectivity index (χ2v) is 5.64. The van der Waals surface area contributed by atoms with Gasteiger partial charge in [-0.15, -0.1) is 0 Å². The summed E-state index contributed by atoms with van der Waals surface area (Å²) in [4.78, 5) is 24.8. The first-order valence-corrected chi connectivity index (χ1v) is 7.18. The van der Waals surface area contributed by atoms with E-state index in [4.69, 9.17) is 5.11 Å². The van der Waals surface area contributed by atoms with Crippen molar-refractivity contribution in [3.8, 4) is 0 Å². The summed E-state index contributed by atoms with van der Waals surface area (Å²) in [6.45, 7) is 8.99. The SMILES string of the molecule is CCC(CC)C(C)NC(=O)N1CC(C)C(C(=O)O)C1. The molecule has 110 valence electrons. The first-order chi connectivity index (χ1) is 8.90. The number of nitrogens with zero attached hydrogens (tertiary/aromatic N) is 1. The van der Waals surface area contributed by atoms with Gasteiger partial charge in [-0.2, -0.15) is 0 Å². The lowest BCUT2D eigenvalue weighted by Gasteiger charge is -2.25. The summed E-state index contributed by atoms with van der Waals surface area (Å²) in [6.07, 6.45) is 2.07. The summed E-state index contributed by atoms with van der Waals surface area (Å²) in [7, 11) is 0. The zero-order chi connectivity index (χ0) is 14.6. The monoisotopic (exact) mass is 270 g/mol. The molecule has 5 nitrogen and oxygen atoms in total. The number of carboxylic acids is 1. The van der Waals surface area contributed by atoms with E-state index in [1.54, 1.807) is 4.90 Å². The van der Waals surface area contributed by atoms with Gasteiger partial charge in [-0.1, -0.05) is 33.6 Å². The van der Waals surface area contributed by atoms with Crippen LogP contribution in [0.5, 0.6) is 0 Å². The molecule has 0 aliphatic carbocycles. The van der Waals surface area contributed by atoms with Crippen molar-refractivity contribution in [2.75, 3.05) is 13.1 Å². The molecule has 2 N–H and O–H groups in total. The van der Waals surface area contributed by atoms with Crippen molar-refractivity contribution in [2.45, 2.75) is 46.6 Å². The second-order valence-electron chi connectivity index (χ2n) is 5.64. The summed E-state index contributed by atoms with van der Waals surface area (Å²) < 4.78 is 0. The minimum absolute atomic E-state index is 0.0201. The predicted octanol–water partition coefficient (Wildman–Crippen LogP) is 2.17. The molecular weight excluding hydrogens is 244 g/mol. The van der Waals surface area contributed by atoms with Crippen molar-refractivity contribution in [2.24, 2.45) is 17.8 Å². The first kappa shape index (κ1) is 15.8. The molecule has 0 aromatic heterocycles. The molecule has 1 rings (SSSR count). The summed E-state index contributed by atoms with van der Waals surface area (Å²) >= 11 is 0. The Morgan fingerprint density at radius 1 is 1.32 bits per heavy atom. The van der Waals surface area contributed by atoms with Gasteiger partial charge in [0.1, 0.15) is 0 Å². The van der Waals surface area contributed by atoms with Gasteiger partial charge in [-0.05, 0) is 18.8 Å². The van der Waals surface area contributed by atoms with Gasteiger partial charge in [0.05, 0.1) is 5.92 Å². The maximum atomic E-state index is 12.1. The molecule has 3 unspecified atom stereocenters. The van der Waals surface area contributed by atoms with Crippen LogP contribution < -0.4 is 5.32 Å². The van der Waals surface area contributed by atoms with Crippen LogP contribution in [0.1, 0.15) is 40.5 Å². The third kappa shape index (κ3) is 3.85. The Morgan fingerprint density at radius 3 is 2.32 bits per heavy atom. The number of urea groups is 1. The fourth-order valence-electron chi connectivity index (χ4n) is 2.85. The molecule has 0 aromatic carbocycles. The Hall–Kier alpha value is -1.26. The molecule has 2 amide bonds. The van der Waals surface area contributed by atoms with Crippen molar-refractivity contribution >= 4 is 12.0 Å². The van der Waals surface area contributed by atoms with Gasteiger partial charge in [-0.3, -0.25) is 4.79 Å². The maximum Gasteiger partial charge on any atom is 0.317 e. The first-order valence-electron chi connectivity index (χ1n) is 7.18. The van der Waals surface area contributed by atoms with Crippen LogP contribution in [0.25, 0.3) is 0 Å². The van der Waals surface area contributed by atoms with Crippen LogP contribution >= 0.6 is 0 Å². The largest absolute Gasteiger partial charge is 0.481 e. The van der Waals surface area contributed by atoms with E-state index in [9.17, 15) is 9.59 Å². The van der Waals surface area contributed by atoms with Crippen LogP contribution in [-0.2, 0) is 4.79 Å². The normalized spacial score (nSPS) is 24.6. The number of carboxylic acid groups (broad SMARTS) is 1. The van der Waals surface area contributed by atoms with Gasteiger partial charge < -0.3 is 15.3 Å². The smallest absolute Gasteiger partial charge is 0.317 e. The number of rotatable bonds is 5. The molecule has 3 atom stereocenters. The minimum atomic E-state index is -0.809. The number of hydrogen-bond acceptors (Lipinski definition) is 2. The van der Waals surface area contributed by atoms with Crippen molar-refractivity contribution < 1.29 is 14.7 Å². The number of aliphatic carboxylic acids is 1. The number of likely N-dealkylation sites (tertiary alicyclic amines) is 1. The van der Waals surface area contributed by atoms with E-state index in [-0.39, 0.29) is 18.0 Å². The molecule has 0 radical (unpaired) electrons. The van der Waals surface area contributed by atoms with Crippen LogP contribution in [0, 0.1) is 17.8 Å². The molecule has 5 heteroatoms. The van der Waals surface area contributed by atoms with Crippen LogP contribution in [0.15, 0.2) is 0 Å². The van der Waals surface area contributed by atoms with Crippen LogP contribution in [-0.4, -0.2) is 41.1 Å². The van der Waals surface area contributed by atoms with E-state index in [0.29, 0.717) is 19.0 Å². The number of amides is 2. The highest BCUT2D eigenvalue weighted by atomic mass is 16.4. The fraction of sp³-hybridized carbons (Fsp3) is 0.857. The van der Waals surface area contributed by atoms with Gasteiger partial charge >= 0.3 is 12.0 Å². The summed E-state index contributed by atoms with van der Waals surface area (Å²) in [5.74, 6) is -0.754. The molecule has 0 bridgehead atoms. The van der Waals surface area contributed by atoms with E-state index < -0.39 is 11.9 Å². The molecule has 1 saturated heterocycles. The maximum absolute atomic E-state index is 12.1. The Morgan fingerprint density at radius 2 is 1.89 bits per heavy atom. The van der Waals surface area contributed by atoms with Crippen LogP contribution in [0.2, 0.25) is 0 Å². The van der Waals surface area contributed by atoms with Gasteiger partial charge in [0.15, 0.2) is 0 Å². The number of hydrogen-bond donors (Lipinski definition) is 2. The summed E-state index contributed by atoms with van der Waals surface area (Å²) in [5.41, 5.74) is 0. The predicted molar refractivity (Wildman–Crippen MR) is 73.9 cm³/mol. The van der Waals surface area contributed by atoms with Crippen molar-refractivity contribution in [3.05, 3.63) is 0 Å². The minimum Gasteiger partial charge on any atom is -0.481 e. The highest BCUT2D eigenvalue weighted by Crippen LogP contribution is 2.23. The highest BCUT2D eigenvalue weighted by molar-refractivity contribution is 5.77. The molecule has 0 saturated carbocycles. The Kier molecular flexibility index (Phi) is 5.63. The lowest BCUT2D eigenvalue weighted by molar-refractivity contribution is -0.142. The van der Waals surface area contributed by atoms with Gasteiger partial charge in [-0.25, -0.2) is 4.79 Å². The van der Waals surface area contributed by atoms with Gasteiger partial charge in [0, 0.05) is 19.1 Å². The summed E-state index contributed by atoms with van der Waals surface area (Å²) in [5, 5.41) is 12.1. The van der Waals surface area contributed by atoms with E-state index in [1.807, 2.05) is 13.8 Å². The summed E-state index contributed by atoms with van der Waals surface area (Å²) in [6, 6.07) is -0.00307. The molecule has 19 heavy (non-hydrogen) atoms. The zero-order valence-electron chi connectivity index (χ0n) is 12.3.